The van der Waals surface area contributed by atoms with Crippen molar-refractivity contribution >= 4 is 15.8 Å². The highest BCUT2D eigenvalue weighted by molar-refractivity contribution is 7.87. The largest absolute Gasteiger partial charge is 0.379 e. The third-order valence-electron chi connectivity index (χ3n) is 2.70. The number of benzene rings is 2. The molecule has 0 radical (unpaired) electrons. The summed E-state index contributed by atoms with van der Waals surface area (Å²) >= 11 is 0. The van der Waals surface area contributed by atoms with E-state index in [1.165, 1.54) is 6.07 Å². The van der Waals surface area contributed by atoms with Crippen LogP contribution in [0.2, 0.25) is 0 Å². The second-order valence-electron chi connectivity index (χ2n) is 4.17. The second-order valence-corrected chi connectivity index (χ2v) is 5.72. The molecule has 0 saturated carbocycles. The molecule has 0 heterocycles. The van der Waals surface area contributed by atoms with E-state index in [2.05, 4.69) is 0 Å². The molecule has 0 saturated heterocycles. The maximum Gasteiger partial charge on any atom is 0.339 e. The second kappa shape index (κ2) is 5.49. The fraction of sp³-hybridized carbons (Fsp3) is 0.0769. The molecule has 8 heteroatoms. The molecule has 2 rings (SSSR count). The Balaban J connectivity index is 2.43. The minimum atomic E-state index is -4.28. The molecule has 0 amide bonds. The molecule has 0 aliphatic heterocycles. The van der Waals surface area contributed by atoms with Gasteiger partial charge in [-0.3, -0.25) is 10.1 Å². The van der Waals surface area contributed by atoms with Crippen LogP contribution in [0.25, 0.3) is 0 Å². The van der Waals surface area contributed by atoms with Crippen LogP contribution in [0.4, 0.5) is 10.1 Å². The standard InChI is InChI=1S/C13H10FNO5S/c1-9-4-2-3-5-13(9)20-21(18,19)10-6-7-11(14)12(8-10)15(16)17/h2-8H,1H3. The zero-order valence-corrected chi connectivity index (χ0v) is 11.6. The third kappa shape index (κ3) is 3.16. The predicted molar refractivity (Wildman–Crippen MR) is 72.0 cm³/mol. The molecule has 0 aromatic heterocycles. The summed E-state index contributed by atoms with van der Waals surface area (Å²) in [4.78, 5) is 9.16. The van der Waals surface area contributed by atoms with E-state index in [1.807, 2.05) is 0 Å². The molecule has 110 valence electrons. The highest BCUT2D eigenvalue weighted by atomic mass is 32.2. The number of hydrogen-bond donors (Lipinski definition) is 0. The Hall–Kier alpha value is -2.48. The summed E-state index contributed by atoms with van der Waals surface area (Å²) < 4.78 is 42.3. The molecule has 2 aromatic carbocycles. The third-order valence-corrected chi connectivity index (χ3v) is 3.93. The summed E-state index contributed by atoms with van der Waals surface area (Å²) in [5.74, 6) is -1.01. The van der Waals surface area contributed by atoms with Gasteiger partial charge in [0.25, 0.3) is 0 Å². The van der Waals surface area contributed by atoms with Crippen LogP contribution in [0.5, 0.6) is 5.75 Å². The van der Waals surface area contributed by atoms with Gasteiger partial charge in [-0.05, 0) is 30.7 Å². The normalized spacial score (nSPS) is 11.1. The number of halogens is 1. The van der Waals surface area contributed by atoms with E-state index in [9.17, 15) is 22.9 Å². The highest BCUT2D eigenvalue weighted by Gasteiger charge is 2.23. The molecule has 0 aliphatic carbocycles. The van der Waals surface area contributed by atoms with Gasteiger partial charge in [0.05, 0.1) is 4.92 Å². The zero-order valence-electron chi connectivity index (χ0n) is 10.8. The van der Waals surface area contributed by atoms with Crippen molar-refractivity contribution in [2.24, 2.45) is 0 Å². The molecule has 0 atom stereocenters. The number of para-hydroxylation sites is 1. The molecule has 0 N–H and O–H groups in total. The number of rotatable bonds is 4. The van der Waals surface area contributed by atoms with Crippen molar-refractivity contribution in [3.63, 3.8) is 0 Å². The van der Waals surface area contributed by atoms with Gasteiger partial charge in [0.1, 0.15) is 10.6 Å². The Morgan fingerprint density at radius 2 is 1.86 bits per heavy atom. The summed E-state index contributed by atoms with van der Waals surface area (Å²) in [6.45, 7) is 1.65. The van der Waals surface area contributed by atoms with Gasteiger partial charge >= 0.3 is 15.8 Å². The van der Waals surface area contributed by atoms with E-state index in [4.69, 9.17) is 4.18 Å². The van der Waals surface area contributed by atoms with Crippen LogP contribution in [-0.2, 0) is 10.1 Å². The lowest BCUT2D eigenvalue weighted by molar-refractivity contribution is -0.387. The Kier molecular flexibility index (Phi) is 3.90. The van der Waals surface area contributed by atoms with Gasteiger partial charge in [-0.1, -0.05) is 18.2 Å². The fourth-order valence-corrected chi connectivity index (χ4v) is 2.61. The van der Waals surface area contributed by atoms with Crippen LogP contribution < -0.4 is 4.18 Å². The van der Waals surface area contributed by atoms with Gasteiger partial charge < -0.3 is 4.18 Å². The van der Waals surface area contributed by atoms with Gasteiger partial charge in [0.2, 0.25) is 5.82 Å². The van der Waals surface area contributed by atoms with E-state index >= 15 is 0 Å². The van der Waals surface area contributed by atoms with Gasteiger partial charge in [0, 0.05) is 6.07 Å². The molecule has 0 bridgehead atoms. The molecule has 6 nitrogen and oxygen atoms in total. The van der Waals surface area contributed by atoms with Crippen molar-refractivity contribution in [2.75, 3.05) is 0 Å². The minimum absolute atomic E-state index is 0.101. The minimum Gasteiger partial charge on any atom is -0.379 e. The average Bonchev–Trinajstić information content (AvgIpc) is 2.41. The van der Waals surface area contributed by atoms with E-state index in [-0.39, 0.29) is 5.75 Å². The molecule has 21 heavy (non-hydrogen) atoms. The molecule has 0 spiro atoms. The van der Waals surface area contributed by atoms with Gasteiger partial charge in [0.15, 0.2) is 0 Å². The van der Waals surface area contributed by atoms with Crippen LogP contribution >= 0.6 is 0 Å². The van der Waals surface area contributed by atoms with Gasteiger partial charge in [-0.2, -0.15) is 12.8 Å². The van der Waals surface area contributed by atoms with E-state index in [0.29, 0.717) is 17.7 Å². The predicted octanol–water partition coefficient (Wildman–Crippen LogP) is 2.81. The average molecular weight is 311 g/mol. The maximum absolute atomic E-state index is 13.2. The first-order valence-electron chi connectivity index (χ1n) is 5.75. The first kappa shape index (κ1) is 14.9. The van der Waals surface area contributed by atoms with Crippen molar-refractivity contribution in [1.29, 1.82) is 0 Å². The molecule has 2 aromatic rings. The summed E-state index contributed by atoms with van der Waals surface area (Å²) in [7, 11) is -4.28. The van der Waals surface area contributed by atoms with Crippen molar-refractivity contribution in [1.82, 2.24) is 0 Å². The number of nitro benzene ring substituents is 1. The summed E-state index contributed by atoms with van der Waals surface area (Å²) in [6, 6.07) is 8.65. The van der Waals surface area contributed by atoms with E-state index in [1.54, 1.807) is 25.1 Å². The molecular formula is C13H10FNO5S. The number of aryl methyl sites for hydroxylation is 1. The first-order valence-corrected chi connectivity index (χ1v) is 7.16. The molecule has 0 fully saturated rings. The fourth-order valence-electron chi connectivity index (χ4n) is 1.60. The Morgan fingerprint density at radius 1 is 1.19 bits per heavy atom. The lowest BCUT2D eigenvalue weighted by Gasteiger charge is -2.09. The number of nitro groups is 1. The van der Waals surface area contributed by atoms with Gasteiger partial charge in [-0.25, -0.2) is 0 Å². The van der Waals surface area contributed by atoms with Crippen molar-refractivity contribution in [3.8, 4) is 5.75 Å². The number of nitrogens with zero attached hydrogens (tertiary/aromatic N) is 1. The molecule has 0 unspecified atom stereocenters. The molecule has 0 aliphatic rings. The summed E-state index contributed by atoms with van der Waals surface area (Å²) in [5.41, 5.74) is -0.345. The van der Waals surface area contributed by atoms with Crippen LogP contribution in [0.1, 0.15) is 5.56 Å². The maximum atomic E-state index is 13.2. The zero-order chi connectivity index (χ0) is 15.6. The van der Waals surface area contributed by atoms with E-state index in [0.717, 1.165) is 6.07 Å². The smallest absolute Gasteiger partial charge is 0.339 e. The quantitative estimate of drug-likeness (QED) is 0.492. The van der Waals surface area contributed by atoms with Crippen LogP contribution in [0, 0.1) is 22.9 Å². The Labute approximate surface area is 120 Å². The Bertz CT molecular complexity index is 804. The number of hydrogen-bond acceptors (Lipinski definition) is 5. The van der Waals surface area contributed by atoms with Crippen LogP contribution in [-0.4, -0.2) is 13.3 Å². The van der Waals surface area contributed by atoms with Crippen LogP contribution in [0.15, 0.2) is 47.4 Å². The van der Waals surface area contributed by atoms with Crippen molar-refractivity contribution in [2.45, 2.75) is 11.8 Å². The van der Waals surface area contributed by atoms with Gasteiger partial charge in [-0.15, -0.1) is 0 Å². The lowest BCUT2D eigenvalue weighted by Crippen LogP contribution is -2.11. The SMILES string of the molecule is Cc1ccccc1OS(=O)(=O)c1ccc(F)c([N+](=O)[O-])c1. The van der Waals surface area contributed by atoms with Crippen LogP contribution in [0.3, 0.4) is 0 Å². The van der Waals surface area contributed by atoms with E-state index < -0.39 is 31.4 Å². The summed E-state index contributed by atoms with van der Waals surface area (Å²) in [5, 5.41) is 10.6. The highest BCUT2D eigenvalue weighted by Crippen LogP contribution is 2.25. The lowest BCUT2D eigenvalue weighted by atomic mass is 10.2. The summed E-state index contributed by atoms with van der Waals surface area (Å²) in [6.07, 6.45) is 0. The topological polar surface area (TPSA) is 86.5 Å². The Morgan fingerprint density at radius 3 is 2.48 bits per heavy atom. The first-order chi connectivity index (χ1) is 9.81. The van der Waals surface area contributed by atoms with Crippen molar-refractivity contribution in [3.05, 3.63) is 64.0 Å². The monoisotopic (exact) mass is 311 g/mol. The van der Waals surface area contributed by atoms with Crippen molar-refractivity contribution < 1.29 is 21.9 Å². The molecular weight excluding hydrogens is 301 g/mol.